The van der Waals surface area contributed by atoms with Gasteiger partial charge in [0.25, 0.3) is 15.7 Å². The zero-order valence-electron chi connectivity index (χ0n) is 10.6. The molecule has 0 radical (unpaired) electrons. The number of hydrogen-bond donors (Lipinski definition) is 1. The number of halogens is 3. The molecule has 0 aliphatic carbocycles. The van der Waals surface area contributed by atoms with Crippen LogP contribution in [0, 0.1) is 10.1 Å². The van der Waals surface area contributed by atoms with Crippen molar-refractivity contribution in [2.75, 3.05) is 4.72 Å². The topological polar surface area (TPSA) is 89.3 Å². The second-order valence-corrected chi connectivity index (χ2v) is 7.03. The zero-order chi connectivity index (χ0) is 16.5. The van der Waals surface area contributed by atoms with Crippen molar-refractivity contribution in [2.24, 2.45) is 0 Å². The van der Waals surface area contributed by atoms with Crippen molar-refractivity contribution < 1.29 is 13.3 Å². The Kier molecular flexibility index (Phi) is 4.81. The molecule has 22 heavy (non-hydrogen) atoms. The van der Waals surface area contributed by atoms with Crippen LogP contribution in [0.25, 0.3) is 0 Å². The lowest BCUT2D eigenvalue weighted by atomic mass is 10.3. The van der Waals surface area contributed by atoms with Crippen molar-refractivity contribution in [2.45, 2.75) is 4.90 Å². The van der Waals surface area contributed by atoms with E-state index in [0.29, 0.717) is 0 Å². The van der Waals surface area contributed by atoms with Crippen LogP contribution in [0.3, 0.4) is 0 Å². The number of nitro benzene ring substituents is 1. The lowest BCUT2D eigenvalue weighted by molar-refractivity contribution is -0.383. The lowest BCUT2D eigenvalue weighted by Crippen LogP contribution is -2.14. The third-order valence-corrected chi connectivity index (χ3v) is 4.90. The molecule has 2 aromatic rings. The molecule has 0 heterocycles. The minimum atomic E-state index is -4.15. The summed E-state index contributed by atoms with van der Waals surface area (Å²) in [4.78, 5) is 9.95. The molecule has 6 nitrogen and oxygen atoms in total. The molecule has 1 N–H and O–H groups in total. The lowest BCUT2D eigenvalue weighted by Gasteiger charge is -2.10. The summed E-state index contributed by atoms with van der Waals surface area (Å²) in [5.41, 5.74) is -0.709. The highest BCUT2D eigenvalue weighted by Gasteiger charge is 2.23. The number of sulfonamides is 1. The smallest absolute Gasteiger partial charge is 0.273 e. The van der Waals surface area contributed by atoms with Crippen molar-refractivity contribution in [3.63, 3.8) is 0 Å². The maximum absolute atomic E-state index is 12.3. The standard InChI is InChI=1S/C12H7Cl3N2O4S/c13-7-2-4-10(11(5-7)17(18)19)16-22(20,21)12-6-8(14)1-3-9(12)15/h1-6,16H. The van der Waals surface area contributed by atoms with Crippen LogP contribution >= 0.6 is 34.8 Å². The van der Waals surface area contributed by atoms with Gasteiger partial charge in [-0.2, -0.15) is 0 Å². The molecular formula is C12H7Cl3N2O4S. The van der Waals surface area contributed by atoms with E-state index >= 15 is 0 Å². The molecule has 0 bridgehead atoms. The SMILES string of the molecule is O=[N+]([O-])c1cc(Cl)ccc1NS(=O)(=O)c1cc(Cl)ccc1Cl. The molecular weight excluding hydrogens is 375 g/mol. The van der Waals surface area contributed by atoms with Gasteiger partial charge in [-0.25, -0.2) is 8.42 Å². The molecule has 0 aromatic heterocycles. The summed E-state index contributed by atoms with van der Waals surface area (Å²) in [6, 6.07) is 7.44. The summed E-state index contributed by atoms with van der Waals surface area (Å²) in [6.45, 7) is 0. The molecule has 0 spiro atoms. The highest BCUT2D eigenvalue weighted by Crippen LogP contribution is 2.32. The Morgan fingerprint density at radius 1 is 1.00 bits per heavy atom. The summed E-state index contributed by atoms with van der Waals surface area (Å²) >= 11 is 17.3. The third-order valence-electron chi connectivity index (χ3n) is 2.58. The summed E-state index contributed by atoms with van der Waals surface area (Å²) in [7, 11) is -4.15. The van der Waals surface area contributed by atoms with E-state index < -0.39 is 20.6 Å². The molecule has 2 aromatic carbocycles. The van der Waals surface area contributed by atoms with Crippen molar-refractivity contribution >= 4 is 56.2 Å². The number of anilines is 1. The fourth-order valence-corrected chi connectivity index (χ4v) is 3.63. The number of benzene rings is 2. The van der Waals surface area contributed by atoms with Gasteiger partial charge >= 0.3 is 0 Å². The van der Waals surface area contributed by atoms with Crippen molar-refractivity contribution in [1.82, 2.24) is 0 Å². The van der Waals surface area contributed by atoms with Crippen molar-refractivity contribution in [3.05, 3.63) is 61.6 Å². The first-order chi connectivity index (χ1) is 10.2. The molecule has 0 unspecified atom stereocenters. The Morgan fingerprint density at radius 2 is 1.59 bits per heavy atom. The highest BCUT2D eigenvalue weighted by atomic mass is 35.5. The van der Waals surface area contributed by atoms with Crippen molar-refractivity contribution in [3.8, 4) is 0 Å². The van der Waals surface area contributed by atoms with E-state index in [0.717, 1.165) is 12.1 Å². The van der Waals surface area contributed by atoms with Gasteiger partial charge in [0.2, 0.25) is 0 Å². The fraction of sp³-hybridized carbons (Fsp3) is 0. The summed E-state index contributed by atoms with van der Waals surface area (Å²) in [5.74, 6) is 0. The van der Waals surface area contributed by atoms with E-state index in [1.54, 1.807) is 0 Å². The van der Waals surface area contributed by atoms with Crippen LogP contribution < -0.4 is 4.72 Å². The van der Waals surface area contributed by atoms with E-state index in [9.17, 15) is 18.5 Å². The van der Waals surface area contributed by atoms with E-state index in [-0.39, 0.29) is 25.7 Å². The van der Waals surface area contributed by atoms with Gasteiger partial charge < -0.3 is 0 Å². The fourth-order valence-electron chi connectivity index (χ4n) is 1.63. The number of nitrogens with zero attached hydrogens (tertiary/aromatic N) is 1. The molecule has 2 rings (SSSR count). The summed E-state index contributed by atoms with van der Waals surface area (Å²) < 4.78 is 26.8. The summed E-state index contributed by atoms with van der Waals surface area (Å²) in [5, 5.41) is 11.2. The Hall–Kier alpha value is -1.54. The molecule has 0 amide bonds. The van der Waals surface area contributed by atoms with E-state index in [4.69, 9.17) is 34.8 Å². The number of nitro groups is 1. The van der Waals surface area contributed by atoms with Crippen LogP contribution in [0.4, 0.5) is 11.4 Å². The van der Waals surface area contributed by atoms with Crippen LogP contribution in [0.1, 0.15) is 0 Å². The van der Waals surface area contributed by atoms with Gasteiger partial charge in [-0.05, 0) is 30.3 Å². The minimum Gasteiger partial charge on any atom is -0.273 e. The van der Waals surface area contributed by atoms with Crippen LogP contribution in [0.15, 0.2) is 41.3 Å². The number of rotatable bonds is 4. The largest absolute Gasteiger partial charge is 0.294 e. The first-order valence-corrected chi connectivity index (χ1v) is 8.24. The predicted molar refractivity (Wildman–Crippen MR) is 85.4 cm³/mol. The first-order valence-electron chi connectivity index (χ1n) is 5.62. The van der Waals surface area contributed by atoms with E-state index in [1.165, 1.54) is 24.3 Å². The number of hydrogen-bond acceptors (Lipinski definition) is 4. The maximum atomic E-state index is 12.3. The molecule has 116 valence electrons. The van der Waals surface area contributed by atoms with Gasteiger partial charge in [0.15, 0.2) is 0 Å². The quantitative estimate of drug-likeness (QED) is 0.629. The zero-order valence-corrected chi connectivity index (χ0v) is 13.7. The highest BCUT2D eigenvalue weighted by molar-refractivity contribution is 7.92. The molecule has 0 fully saturated rings. The number of nitrogens with one attached hydrogen (secondary N) is 1. The second-order valence-electron chi connectivity index (χ2n) is 4.10. The molecule has 0 saturated carbocycles. The first kappa shape index (κ1) is 16.8. The van der Waals surface area contributed by atoms with Crippen LogP contribution in [0.5, 0.6) is 0 Å². The Labute approximate surface area is 140 Å². The van der Waals surface area contributed by atoms with Gasteiger partial charge in [-0.3, -0.25) is 14.8 Å². The van der Waals surface area contributed by atoms with E-state index in [2.05, 4.69) is 4.72 Å². The maximum Gasteiger partial charge on any atom is 0.294 e. The van der Waals surface area contributed by atoms with Crippen LogP contribution in [-0.4, -0.2) is 13.3 Å². The van der Waals surface area contributed by atoms with Gasteiger partial charge in [0.1, 0.15) is 10.6 Å². The molecule has 0 saturated heterocycles. The second kappa shape index (κ2) is 6.29. The Balaban J connectivity index is 2.50. The minimum absolute atomic E-state index is 0.0616. The molecule has 10 heteroatoms. The van der Waals surface area contributed by atoms with Gasteiger partial charge in [0.05, 0.1) is 9.95 Å². The van der Waals surface area contributed by atoms with Gasteiger partial charge in [-0.1, -0.05) is 34.8 Å². The monoisotopic (exact) mass is 380 g/mol. The van der Waals surface area contributed by atoms with Gasteiger partial charge in [-0.15, -0.1) is 0 Å². The predicted octanol–water partition coefficient (Wildman–Crippen LogP) is 4.36. The molecule has 0 aliphatic rings. The van der Waals surface area contributed by atoms with Crippen LogP contribution in [0.2, 0.25) is 15.1 Å². The third kappa shape index (κ3) is 3.61. The van der Waals surface area contributed by atoms with E-state index in [1.807, 2.05) is 0 Å². The summed E-state index contributed by atoms with van der Waals surface area (Å²) in [6.07, 6.45) is 0. The Morgan fingerprint density at radius 3 is 2.23 bits per heavy atom. The average molecular weight is 382 g/mol. The normalized spacial score (nSPS) is 11.2. The Bertz CT molecular complexity index is 855. The average Bonchev–Trinajstić information content (AvgIpc) is 2.43. The van der Waals surface area contributed by atoms with Crippen molar-refractivity contribution in [1.29, 1.82) is 0 Å². The molecule has 0 atom stereocenters. The van der Waals surface area contributed by atoms with Gasteiger partial charge in [0, 0.05) is 16.1 Å². The molecule has 0 aliphatic heterocycles. The van der Waals surface area contributed by atoms with Crippen LogP contribution in [-0.2, 0) is 10.0 Å².